The molecule has 0 saturated heterocycles. The summed E-state index contributed by atoms with van der Waals surface area (Å²) in [5.41, 5.74) is 3.47. The molecule has 0 aliphatic heterocycles. The molecule has 0 fully saturated rings. The summed E-state index contributed by atoms with van der Waals surface area (Å²) in [6, 6.07) is 17.2. The average Bonchev–Trinajstić information content (AvgIpc) is 2.92. The molecule has 0 radical (unpaired) electrons. The molecular formula is C17H12Cl2N2O. The van der Waals surface area contributed by atoms with Crippen molar-refractivity contribution < 1.29 is 4.79 Å². The summed E-state index contributed by atoms with van der Waals surface area (Å²) < 4.78 is 1.80. The van der Waals surface area contributed by atoms with Gasteiger partial charge in [-0.15, -0.1) is 0 Å². The number of benzene rings is 2. The first kappa shape index (κ1) is 14.8. The third kappa shape index (κ3) is 3.06. The third-order valence-corrected chi connectivity index (χ3v) is 3.68. The molecule has 1 heterocycles. The fraction of sp³-hybridized carbons (Fsp3) is 0.0588. The first-order valence-electron chi connectivity index (χ1n) is 6.72. The van der Waals surface area contributed by atoms with Crippen LogP contribution in [0.2, 0.25) is 5.02 Å². The fourth-order valence-corrected chi connectivity index (χ4v) is 2.61. The van der Waals surface area contributed by atoms with Crippen LogP contribution in [0.4, 0.5) is 0 Å². The van der Waals surface area contributed by atoms with Gasteiger partial charge in [0.1, 0.15) is 0 Å². The standard InChI is InChI=1S/C17H12Cl2N2O/c18-14-8-6-12(7-9-14)17-13(10-16(19)22)11-20-21(17)15-4-2-1-3-5-15/h1-9,11H,10H2. The molecule has 1 aromatic heterocycles. The summed E-state index contributed by atoms with van der Waals surface area (Å²) in [6.07, 6.45) is 1.81. The lowest BCUT2D eigenvalue weighted by Crippen LogP contribution is -2.01. The SMILES string of the molecule is O=C(Cl)Cc1cnn(-c2ccccc2)c1-c1ccc(Cl)cc1. The lowest BCUT2D eigenvalue weighted by atomic mass is 10.1. The topological polar surface area (TPSA) is 34.9 Å². The Morgan fingerprint density at radius 2 is 1.73 bits per heavy atom. The molecular weight excluding hydrogens is 319 g/mol. The second kappa shape index (κ2) is 6.34. The highest BCUT2D eigenvalue weighted by molar-refractivity contribution is 6.63. The first-order chi connectivity index (χ1) is 10.6. The van der Waals surface area contributed by atoms with Crippen LogP contribution < -0.4 is 0 Å². The molecule has 0 amide bonds. The van der Waals surface area contributed by atoms with E-state index in [1.54, 1.807) is 10.9 Å². The van der Waals surface area contributed by atoms with Crippen LogP contribution in [0.1, 0.15) is 5.56 Å². The molecule has 0 atom stereocenters. The zero-order valence-electron chi connectivity index (χ0n) is 11.5. The second-order valence-corrected chi connectivity index (χ2v) is 5.66. The zero-order chi connectivity index (χ0) is 15.5. The Balaban J connectivity index is 2.17. The molecule has 22 heavy (non-hydrogen) atoms. The number of hydrogen-bond donors (Lipinski definition) is 0. The Bertz CT molecular complexity index is 795. The third-order valence-electron chi connectivity index (χ3n) is 3.29. The predicted octanol–water partition coefficient (Wildman–Crippen LogP) is 4.50. The molecule has 3 nitrogen and oxygen atoms in total. The molecule has 5 heteroatoms. The van der Waals surface area contributed by atoms with Crippen LogP contribution in [0.15, 0.2) is 60.8 Å². The minimum atomic E-state index is -0.414. The highest BCUT2D eigenvalue weighted by atomic mass is 35.5. The van der Waals surface area contributed by atoms with Gasteiger partial charge in [0.15, 0.2) is 0 Å². The van der Waals surface area contributed by atoms with Crippen LogP contribution in [0.5, 0.6) is 0 Å². The van der Waals surface area contributed by atoms with Crippen molar-refractivity contribution in [3.05, 3.63) is 71.4 Å². The van der Waals surface area contributed by atoms with Crippen LogP contribution in [0.25, 0.3) is 16.9 Å². The smallest absolute Gasteiger partial charge is 0.226 e. The monoisotopic (exact) mass is 330 g/mol. The minimum Gasteiger partial charge on any atom is -0.281 e. The van der Waals surface area contributed by atoms with E-state index < -0.39 is 5.24 Å². The highest BCUT2D eigenvalue weighted by Crippen LogP contribution is 2.28. The first-order valence-corrected chi connectivity index (χ1v) is 7.47. The van der Waals surface area contributed by atoms with Gasteiger partial charge in [0.2, 0.25) is 5.24 Å². The van der Waals surface area contributed by atoms with Crippen molar-refractivity contribution in [2.45, 2.75) is 6.42 Å². The van der Waals surface area contributed by atoms with Gasteiger partial charge in [-0.05, 0) is 35.9 Å². The molecule has 0 aliphatic carbocycles. The summed E-state index contributed by atoms with van der Waals surface area (Å²) in [4.78, 5) is 11.3. The molecule has 2 aromatic carbocycles. The Kier molecular flexibility index (Phi) is 4.27. The lowest BCUT2D eigenvalue weighted by Gasteiger charge is -2.10. The quantitative estimate of drug-likeness (QED) is 0.660. The number of para-hydroxylation sites is 1. The fourth-order valence-electron chi connectivity index (χ4n) is 2.34. The summed E-state index contributed by atoms with van der Waals surface area (Å²) >= 11 is 11.5. The summed E-state index contributed by atoms with van der Waals surface area (Å²) in [5.74, 6) is 0. The van der Waals surface area contributed by atoms with Crippen molar-refractivity contribution in [3.8, 4) is 16.9 Å². The predicted molar refractivity (Wildman–Crippen MR) is 88.6 cm³/mol. The van der Waals surface area contributed by atoms with Gasteiger partial charge >= 0.3 is 0 Å². The van der Waals surface area contributed by atoms with Gasteiger partial charge < -0.3 is 0 Å². The highest BCUT2D eigenvalue weighted by Gasteiger charge is 2.16. The minimum absolute atomic E-state index is 0.131. The number of rotatable bonds is 4. The van der Waals surface area contributed by atoms with Gasteiger partial charge in [0, 0.05) is 16.1 Å². The number of halogens is 2. The number of aromatic nitrogens is 2. The maximum atomic E-state index is 11.3. The van der Waals surface area contributed by atoms with E-state index >= 15 is 0 Å². The van der Waals surface area contributed by atoms with Gasteiger partial charge in [-0.1, -0.05) is 41.9 Å². The molecule has 110 valence electrons. The Hall–Kier alpha value is -2.10. The van der Waals surface area contributed by atoms with Crippen molar-refractivity contribution in [1.29, 1.82) is 0 Å². The molecule has 3 aromatic rings. The lowest BCUT2D eigenvalue weighted by molar-refractivity contribution is -0.111. The van der Waals surface area contributed by atoms with E-state index in [9.17, 15) is 4.79 Å². The average molecular weight is 331 g/mol. The van der Waals surface area contributed by atoms with Crippen LogP contribution in [-0.4, -0.2) is 15.0 Å². The number of nitrogens with zero attached hydrogens (tertiary/aromatic N) is 2. The number of carbonyl (C=O) groups excluding carboxylic acids is 1. The maximum Gasteiger partial charge on any atom is 0.226 e. The van der Waals surface area contributed by atoms with E-state index in [0.29, 0.717) is 5.02 Å². The summed E-state index contributed by atoms with van der Waals surface area (Å²) in [7, 11) is 0. The normalized spacial score (nSPS) is 10.6. The van der Waals surface area contributed by atoms with Gasteiger partial charge in [-0.3, -0.25) is 4.79 Å². The molecule has 0 aliphatic rings. The Morgan fingerprint density at radius 1 is 1.05 bits per heavy atom. The van der Waals surface area contributed by atoms with Gasteiger partial charge in [0.05, 0.1) is 24.0 Å². The molecule has 0 N–H and O–H groups in total. The van der Waals surface area contributed by atoms with Crippen molar-refractivity contribution in [2.75, 3.05) is 0 Å². The van der Waals surface area contributed by atoms with Gasteiger partial charge in [0.25, 0.3) is 0 Å². The van der Waals surface area contributed by atoms with Crippen LogP contribution in [0.3, 0.4) is 0 Å². The van der Waals surface area contributed by atoms with Crippen molar-refractivity contribution in [1.82, 2.24) is 9.78 Å². The van der Waals surface area contributed by atoms with E-state index in [1.165, 1.54) is 0 Å². The molecule has 0 spiro atoms. The van der Waals surface area contributed by atoms with Crippen LogP contribution in [-0.2, 0) is 11.2 Å². The van der Waals surface area contributed by atoms with Gasteiger partial charge in [-0.2, -0.15) is 5.10 Å². The van der Waals surface area contributed by atoms with Crippen molar-refractivity contribution in [2.24, 2.45) is 0 Å². The van der Waals surface area contributed by atoms with E-state index in [4.69, 9.17) is 23.2 Å². The summed E-state index contributed by atoms with van der Waals surface area (Å²) in [6.45, 7) is 0. The van der Waals surface area contributed by atoms with Crippen molar-refractivity contribution >= 4 is 28.4 Å². The van der Waals surface area contributed by atoms with Gasteiger partial charge in [-0.25, -0.2) is 4.68 Å². The van der Waals surface area contributed by atoms with E-state index in [-0.39, 0.29) is 6.42 Å². The Morgan fingerprint density at radius 3 is 2.36 bits per heavy atom. The molecule has 0 unspecified atom stereocenters. The van der Waals surface area contributed by atoms with Crippen LogP contribution in [0, 0.1) is 0 Å². The summed E-state index contributed by atoms with van der Waals surface area (Å²) in [5, 5.41) is 4.65. The largest absolute Gasteiger partial charge is 0.281 e. The van der Waals surface area contributed by atoms with E-state index in [0.717, 1.165) is 22.5 Å². The number of carbonyl (C=O) groups is 1. The van der Waals surface area contributed by atoms with E-state index in [2.05, 4.69) is 5.10 Å². The van der Waals surface area contributed by atoms with E-state index in [1.807, 2.05) is 54.6 Å². The zero-order valence-corrected chi connectivity index (χ0v) is 13.1. The maximum absolute atomic E-state index is 11.3. The molecule has 0 bridgehead atoms. The molecule has 3 rings (SSSR count). The van der Waals surface area contributed by atoms with Crippen molar-refractivity contribution in [3.63, 3.8) is 0 Å². The second-order valence-electron chi connectivity index (χ2n) is 4.80. The van der Waals surface area contributed by atoms with Crippen LogP contribution >= 0.6 is 23.2 Å². The molecule has 0 saturated carbocycles. The Labute approximate surface area is 138 Å². The number of hydrogen-bond acceptors (Lipinski definition) is 2.